The van der Waals surface area contributed by atoms with E-state index in [0.717, 1.165) is 122 Å². The molecule has 1 atom stereocenters. The Morgan fingerprint density at radius 3 is 0.805 bits per heavy atom. The summed E-state index contributed by atoms with van der Waals surface area (Å²) >= 11 is 0. The van der Waals surface area contributed by atoms with Crippen LogP contribution in [0.4, 0.5) is 0 Å². The van der Waals surface area contributed by atoms with Crippen molar-refractivity contribution in [3.63, 3.8) is 0 Å². The van der Waals surface area contributed by atoms with Gasteiger partial charge in [0, 0.05) is 19.3 Å². The largest absolute Gasteiger partial charge is 0.462 e. The van der Waals surface area contributed by atoms with Crippen LogP contribution in [0, 0.1) is 0 Å². The summed E-state index contributed by atoms with van der Waals surface area (Å²) in [6.07, 6.45) is 95.5. The maximum atomic E-state index is 12.9. The van der Waals surface area contributed by atoms with E-state index < -0.39 is 6.10 Å². The molecule has 0 radical (unpaired) electrons. The number of carbonyl (C=O) groups excluding carboxylic acids is 3. The third-order valence-corrected chi connectivity index (χ3v) is 15.0. The normalized spacial score (nSPS) is 12.8. The van der Waals surface area contributed by atoms with Crippen molar-refractivity contribution in [2.24, 2.45) is 0 Å². The van der Waals surface area contributed by atoms with Crippen molar-refractivity contribution < 1.29 is 28.6 Å². The highest BCUT2D eigenvalue weighted by atomic mass is 16.6. The molecule has 0 aromatic rings. The van der Waals surface area contributed by atoms with Crippen LogP contribution in [0.2, 0.25) is 0 Å². The highest BCUT2D eigenvalue weighted by Gasteiger charge is 2.19. The number of hydrogen-bond donors (Lipinski definition) is 0. The molecule has 0 rings (SSSR count). The first-order chi connectivity index (χ1) is 40.5. The molecular formula is C76H130O6. The molecule has 0 fully saturated rings. The van der Waals surface area contributed by atoms with Crippen molar-refractivity contribution in [2.45, 2.75) is 341 Å². The van der Waals surface area contributed by atoms with Gasteiger partial charge in [-0.05, 0) is 122 Å². The lowest BCUT2D eigenvalue weighted by molar-refractivity contribution is -0.167. The van der Waals surface area contributed by atoms with E-state index in [1.165, 1.54) is 173 Å². The summed E-state index contributed by atoms with van der Waals surface area (Å²) in [5, 5.41) is 0. The zero-order chi connectivity index (χ0) is 59.2. The van der Waals surface area contributed by atoms with E-state index in [-0.39, 0.29) is 31.1 Å². The van der Waals surface area contributed by atoms with Crippen molar-refractivity contribution >= 4 is 17.9 Å². The molecule has 0 N–H and O–H groups in total. The van der Waals surface area contributed by atoms with Gasteiger partial charge in [-0.3, -0.25) is 14.4 Å². The predicted octanol–water partition coefficient (Wildman–Crippen LogP) is 24.2. The van der Waals surface area contributed by atoms with Crippen molar-refractivity contribution in [2.75, 3.05) is 13.2 Å². The Hall–Kier alpha value is -3.93. The first-order valence-corrected chi connectivity index (χ1v) is 34.9. The highest BCUT2D eigenvalue weighted by Crippen LogP contribution is 2.17. The monoisotopic (exact) mass is 1140 g/mol. The second kappa shape index (κ2) is 69.6. The van der Waals surface area contributed by atoms with E-state index in [2.05, 4.69) is 130 Å². The van der Waals surface area contributed by atoms with Gasteiger partial charge in [-0.2, -0.15) is 0 Å². The summed E-state index contributed by atoms with van der Waals surface area (Å²) < 4.78 is 16.9. The number of ether oxygens (including phenoxy) is 3. The molecule has 470 valence electrons. The summed E-state index contributed by atoms with van der Waals surface area (Å²) in [6.45, 7) is 6.48. The van der Waals surface area contributed by atoms with Gasteiger partial charge in [-0.15, -0.1) is 0 Å². The topological polar surface area (TPSA) is 78.9 Å². The van der Waals surface area contributed by atoms with Crippen LogP contribution in [0.25, 0.3) is 0 Å². The minimum atomic E-state index is -0.788. The minimum Gasteiger partial charge on any atom is -0.462 e. The lowest BCUT2D eigenvalue weighted by atomic mass is 10.0. The Labute approximate surface area is 508 Å². The summed E-state index contributed by atoms with van der Waals surface area (Å²) in [4.78, 5) is 38.3. The summed E-state index contributed by atoms with van der Waals surface area (Å²) in [5.74, 6) is -0.896. The molecule has 6 heteroatoms. The summed E-state index contributed by atoms with van der Waals surface area (Å²) in [7, 11) is 0. The Bertz CT molecular complexity index is 1640. The Kier molecular flexibility index (Phi) is 66.2. The number of esters is 3. The molecule has 1 unspecified atom stereocenters. The van der Waals surface area contributed by atoms with Gasteiger partial charge >= 0.3 is 17.9 Å². The van der Waals surface area contributed by atoms with Crippen LogP contribution in [0.15, 0.2) is 109 Å². The molecule has 0 heterocycles. The Balaban J connectivity index is 4.24. The Morgan fingerprint density at radius 1 is 0.256 bits per heavy atom. The number of allylic oxidation sites excluding steroid dienone is 18. The fourth-order valence-electron chi connectivity index (χ4n) is 9.78. The lowest BCUT2D eigenvalue weighted by Crippen LogP contribution is -2.30. The molecule has 0 amide bonds. The molecule has 0 aliphatic heterocycles. The van der Waals surface area contributed by atoms with Gasteiger partial charge < -0.3 is 14.2 Å². The molecule has 82 heavy (non-hydrogen) atoms. The standard InChI is InChI=1S/C76H130O6/c1-4-7-10-13-16-19-22-24-26-28-30-32-34-36-37-38-39-41-42-44-46-48-50-52-54-57-60-63-66-69-75(78)81-72-73(71-80-74(77)68-65-62-59-56-21-18-15-12-9-6-3)82-76(79)70-67-64-61-58-55-53-51-49-47-45-43-40-35-33-31-29-27-25-23-20-17-14-11-8-5-2/h7,10,12,15-16,19,24,26,29-32,36-37,39,41,44,46,73H,4-6,8-9,11,13-14,17-18,20-23,25,27-28,33-35,38,40,42-43,45,47-72H2,1-3H3/b10-7-,15-12-,19-16-,26-24-,31-29-,32-30-,37-36-,41-39-,46-44-. The number of hydrogen-bond acceptors (Lipinski definition) is 6. The second-order valence-electron chi connectivity index (χ2n) is 23.1. The van der Waals surface area contributed by atoms with Crippen molar-refractivity contribution in [1.29, 1.82) is 0 Å². The van der Waals surface area contributed by atoms with E-state index in [1.807, 2.05) is 0 Å². The van der Waals surface area contributed by atoms with E-state index in [9.17, 15) is 14.4 Å². The fraction of sp³-hybridized carbons (Fsp3) is 0.724. The molecule has 0 saturated heterocycles. The quantitative estimate of drug-likeness (QED) is 0.0261. The van der Waals surface area contributed by atoms with Crippen LogP contribution in [0.3, 0.4) is 0 Å². The predicted molar refractivity (Wildman–Crippen MR) is 357 cm³/mol. The molecule has 0 bridgehead atoms. The van der Waals surface area contributed by atoms with E-state index in [0.29, 0.717) is 19.3 Å². The van der Waals surface area contributed by atoms with E-state index in [4.69, 9.17) is 14.2 Å². The zero-order valence-electron chi connectivity index (χ0n) is 54.0. The maximum absolute atomic E-state index is 12.9. The molecule has 0 aromatic heterocycles. The maximum Gasteiger partial charge on any atom is 0.306 e. The molecule has 6 nitrogen and oxygen atoms in total. The fourth-order valence-corrected chi connectivity index (χ4v) is 9.78. The van der Waals surface area contributed by atoms with E-state index in [1.54, 1.807) is 0 Å². The van der Waals surface area contributed by atoms with Gasteiger partial charge in [0.2, 0.25) is 0 Å². The smallest absolute Gasteiger partial charge is 0.306 e. The Morgan fingerprint density at radius 2 is 0.500 bits per heavy atom. The van der Waals surface area contributed by atoms with Crippen LogP contribution in [-0.4, -0.2) is 37.2 Å². The molecular weight excluding hydrogens is 1010 g/mol. The summed E-state index contributed by atoms with van der Waals surface area (Å²) in [5.41, 5.74) is 0. The molecule has 0 aromatic carbocycles. The average Bonchev–Trinajstić information content (AvgIpc) is 3.48. The SMILES string of the molecule is CC/C=C\C/C=C\C/C=C\C/C=C\C/C=C\C/C=C\C/C=C\CCCCCCCCCC(=O)OCC(COC(=O)CCCCCCC/C=C\CCC)OC(=O)CCCCCCCCCCCCCCC/C=C\CCCCCCCCCC. The van der Waals surface area contributed by atoms with Crippen molar-refractivity contribution in [3.8, 4) is 0 Å². The van der Waals surface area contributed by atoms with Crippen LogP contribution in [-0.2, 0) is 28.6 Å². The average molecular weight is 1140 g/mol. The third kappa shape index (κ3) is 66.9. The van der Waals surface area contributed by atoms with Gasteiger partial charge in [0.25, 0.3) is 0 Å². The zero-order valence-corrected chi connectivity index (χ0v) is 54.0. The molecule has 0 spiro atoms. The third-order valence-electron chi connectivity index (χ3n) is 15.0. The lowest BCUT2D eigenvalue weighted by Gasteiger charge is -2.18. The summed E-state index contributed by atoms with van der Waals surface area (Å²) in [6, 6.07) is 0. The first kappa shape index (κ1) is 78.1. The van der Waals surface area contributed by atoms with Gasteiger partial charge in [0.1, 0.15) is 13.2 Å². The van der Waals surface area contributed by atoms with Crippen molar-refractivity contribution in [1.82, 2.24) is 0 Å². The second-order valence-corrected chi connectivity index (χ2v) is 23.1. The van der Waals surface area contributed by atoms with Crippen molar-refractivity contribution in [3.05, 3.63) is 109 Å². The van der Waals surface area contributed by atoms with Gasteiger partial charge in [0.15, 0.2) is 6.10 Å². The molecule has 0 aliphatic carbocycles. The van der Waals surface area contributed by atoms with Crippen LogP contribution < -0.4 is 0 Å². The number of rotatable bonds is 63. The van der Waals surface area contributed by atoms with Gasteiger partial charge in [-0.25, -0.2) is 0 Å². The van der Waals surface area contributed by atoms with E-state index >= 15 is 0 Å². The molecule has 0 saturated carbocycles. The first-order valence-electron chi connectivity index (χ1n) is 34.9. The van der Waals surface area contributed by atoms with Crippen LogP contribution in [0.1, 0.15) is 335 Å². The number of carbonyl (C=O) groups is 3. The highest BCUT2D eigenvalue weighted by molar-refractivity contribution is 5.71. The van der Waals surface area contributed by atoms with Crippen LogP contribution >= 0.6 is 0 Å². The number of unbranched alkanes of at least 4 members (excludes halogenated alkanes) is 34. The van der Waals surface area contributed by atoms with Crippen LogP contribution in [0.5, 0.6) is 0 Å². The molecule has 0 aliphatic rings. The minimum absolute atomic E-state index is 0.0850. The van der Waals surface area contributed by atoms with Gasteiger partial charge in [-0.1, -0.05) is 304 Å². The van der Waals surface area contributed by atoms with Gasteiger partial charge in [0.05, 0.1) is 0 Å².